The van der Waals surface area contributed by atoms with Gasteiger partial charge in [0.15, 0.2) is 17.3 Å². The number of hydrogen-bond donors (Lipinski definition) is 2. The number of carbonyl (C=O) groups excluding carboxylic acids is 2. The van der Waals surface area contributed by atoms with Crippen LogP contribution in [-0.2, 0) is 28.7 Å². The molecular formula is C31H32F3N9O5. The van der Waals surface area contributed by atoms with Gasteiger partial charge >= 0.3 is 6.18 Å². The Bertz CT molecular complexity index is 1960. The molecule has 0 unspecified atom stereocenters. The Morgan fingerprint density at radius 3 is 2.46 bits per heavy atom. The first-order valence-corrected chi connectivity index (χ1v) is 15.3. The molecule has 2 N–H and O–H groups in total. The fraction of sp³-hybridized carbons (Fsp3) is 0.387. The molecule has 14 nitrogen and oxygen atoms in total. The summed E-state index contributed by atoms with van der Waals surface area (Å²) in [6.45, 7) is 4.85. The monoisotopic (exact) mass is 667 g/mol. The Balaban J connectivity index is 1.33. The van der Waals surface area contributed by atoms with Gasteiger partial charge in [0.05, 0.1) is 30.2 Å². The predicted octanol–water partition coefficient (Wildman–Crippen LogP) is 2.68. The van der Waals surface area contributed by atoms with Crippen LogP contribution in [0.1, 0.15) is 46.6 Å². The van der Waals surface area contributed by atoms with E-state index >= 15 is 0 Å². The lowest BCUT2D eigenvalue weighted by Crippen LogP contribution is -2.51. The van der Waals surface area contributed by atoms with Crippen LogP contribution in [0, 0.1) is 6.92 Å². The van der Waals surface area contributed by atoms with E-state index in [1.54, 1.807) is 11.5 Å². The van der Waals surface area contributed by atoms with Crippen molar-refractivity contribution in [3.63, 3.8) is 0 Å². The van der Waals surface area contributed by atoms with Gasteiger partial charge < -0.3 is 29.5 Å². The van der Waals surface area contributed by atoms with Crippen molar-refractivity contribution in [3.05, 3.63) is 75.5 Å². The SMILES string of the molecule is CCc1c(N2CCN(C(=O)c3ncnc(C)c3O)CC2)c(=O)n2nc(C3=CCOCC3)nc2n1CC(=O)Nc1ccc(C(F)(F)F)cc1. The number of nitrogens with zero attached hydrogens (tertiary/aromatic N) is 8. The summed E-state index contributed by atoms with van der Waals surface area (Å²) in [5.74, 6) is -0.850. The van der Waals surface area contributed by atoms with Gasteiger partial charge in [-0.3, -0.25) is 14.4 Å². The van der Waals surface area contributed by atoms with Crippen molar-refractivity contribution in [2.45, 2.75) is 39.4 Å². The molecule has 1 saturated heterocycles. The third-order valence-corrected chi connectivity index (χ3v) is 8.30. The van der Waals surface area contributed by atoms with Crippen molar-refractivity contribution in [2.24, 2.45) is 0 Å². The fourth-order valence-corrected chi connectivity index (χ4v) is 5.79. The van der Waals surface area contributed by atoms with Crippen LogP contribution in [-0.4, -0.2) is 90.3 Å². The topological polar surface area (TPSA) is 160 Å². The van der Waals surface area contributed by atoms with Crippen LogP contribution in [0.3, 0.4) is 0 Å². The van der Waals surface area contributed by atoms with E-state index in [0.29, 0.717) is 37.6 Å². The highest BCUT2D eigenvalue weighted by atomic mass is 19.4. The van der Waals surface area contributed by atoms with Crippen LogP contribution in [0.25, 0.3) is 11.4 Å². The van der Waals surface area contributed by atoms with Crippen LogP contribution in [0.5, 0.6) is 5.75 Å². The zero-order valence-corrected chi connectivity index (χ0v) is 26.1. The maximum absolute atomic E-state index is 14.1. The summed E-state index contributed by atoms with van der Waals surface area (Å²) in [6, 6.07) is 4.10. The maximum atomic E-state index is 14.1. The van der Waals surface area contributed by atoms with Gasteiger partial charge in [-0.05, 0) is 49.6 Å². The van der Waals surface area contributed by atoms with Gasteiger partial charge in [-0.2, -0.15) is 22.7 Å². The van der Waals surface area contributed by atoms with E-state index < -0.39 is 29.1 Å². The molecule has 0 radical (unpaired) electrons. The van der Waals surface area contributed by atoms with Gasteiger partial charge in [0.1, 0.15) is 18.6 Å². The summed E-state index contributed by atoms with van der Waals surface area (Å²) in [4.78, 5) is 56.5. The minimum atomic E-state index is -4.52. The lowest BCUT2D eigenvalue weighted by atomic mass is 10.1. The molecule has 252 valence electrons. The quantitative estimate of drug-likeness (QED) is 0.300. The molecule has 6 rings (SSSR count). The molecule has 0 bridgehead atoms. The third kappa shape index (κ3) is 6.32. The van der Waals surface area contributed by atoms with Gasteiger partial charge in [0.2, 0.25) is 11.7 Å². The number of nitrogens with one attached hydrogen (secondary N) is 1. The minimum Gasteiger partial charge on any atom is -0.504 e. The largest absolute Gasteiger partial charge is 0.504 e. The highest BCUT2D eigenvalue weighted by Gasteiger charge is 2.32. The molecule has 0 spiro atoms. The summed E-state index contributed by atoms with van der Waals surface area (Å²) in [5, 5.41) is 17.5. The number of rotatable bonds is 7. The molecule has 2 amide bonds. The molecule has 2 aliphatic heterocycles. The number of aromatic hydroxyl groups is 1. The first kappa shape index (κ1) is 32.6. The highest BCUT2D eigenvalue weighted by Crippen LogP contribution is 2.30. The van der Waals surface area contributed by atoms with E-state index in [2.05, 4.69) is 25.4 Å². The second-order valence-corrected chi connectivity index (χ2v) is 11.3. The second-order valence-electron chi connectivity index (χ2n) is 11.3. The molecule has 4 aromatic rings. The van der Waals surface area contributed by atoms with Gasteiger partial charge in [-0.25, -0.2) is 9.97 Å². The van der Waals surface area contributed by atoms with Gasteiger partial charge in [0, 0.05) is 31.9 Å². The number of amides is 2. The summed E-state index contributed by atoms with van der Waals surface area (Å²) in [6.07, 6.45) is -0.623. The summed E-state index contributed by atoms with van der Waals surface area (Å²) < 4.78 is 47.3. The Kier molecular flexibility index (Phi) is 8.87. The summed E-state index contributed by atoms with van der Waals surface area (Å²) in [5.41, 5.74) is 0.631. The van der Waals surface area contributed by atoms with E-state index in [-0.39, 0.29) is 67.0 Å². The number of fused-ring (bicyclic) bond motifs is 1. The smallest absolute Gasteiger partial charge is 0.416 e. The van der Waals surface area contributed by atoms with Crippen molar-refractivity contribution in [1.29, 1.82) is 0 Å². The van der Waals surface area contributed by atoms with Crippen LogP contribution >= 0.6 is 0 Å². The Hall–Kier alpha value is -5.32. The minimum absolute atomic E-state index is 0.106. The molecule has 1 fully saturated rings. The zero-order valence-electron chi connectivity index (χ0n) is 26.1. The Morgan fingerprint density at radius 1 is 1.08 bits per heavy atom. The second kappa shape index (κ2) is 13.1. The van der Waals surface area contributed by atoms with Crippen LogP contribution < -0.4 is 15.8 Å². The van der Waals surface area contributed by atoms with Gasteiger partial charge in [-0.1, -0.05) is 13.0 Å². The number of anilines is 2. The third-order valence-electron chi connectivity index (χ3n) is 8.30. The predicted molar refractivity (Wildman–Crippen MR) is 167 cm³/mol. The molecule has 5 heterocycles. The van der Waals surface area contributed by atoms with Crippen LogP contribution in [0.15, 0.2) is 41.5 Å². The standard InChI is InChI=1S/C31H32F3N9O5/c1-3-22-25(40-10-12-41(13-11-40)28(46)24-26(45)18(2)35-17-36-24)29(47)43-30(38-27(39-43)19-8-14-48-15-9-19)42(22)16-23(44)37-21-6-4-20(5-7-21)31(32,33)34/h4-8,17,45H,3,9-16H2,1-2H3,(H,37,44). The number of aryl methyl sites for hydroxylation is 1. The maximum Gasteiger partial charge on any atom is 0.416 e. The number of carbonyl (C=O) groups is 2. The van der Waals surface area contributed by atoms with Crippen molar-refractivity contribution < 1.29 is 32.6 Å². The molecular weight excluding hydrogens is 635 g/mol. The Morgan fingerprint density at radius 2 is 1.81 bits per heavy atom. The summed E-state index contributed by atoms with van der Waals surface area (Å²) in [7, 11) is 0. The average Bonchev–Trinajstić information content (AvgIpc) is 3.53. The number of benzene rings is 1. The number of ether oxygens (including phenoxy) is 1. The number of alkyl halides is 3. The first-order valence-electron chi connectivity index (χ1n) is 15.3. The normalized spacial score (nSPS) is 15.5. The fourth-order valence-electron chi connectivity index (χ4n) is 5.79. The van der Waals surface area contributed by atoms with Crippen molar-refractivity contribution in [3.8, 4) is 5.75 Å². The molecule has 3 aromatic heterocycles. The lowest BCUT2D eigenvalue weighted by molar-refractivity contribution is -0.137. The van der Waals surface area contributed by atoms with Gasteiger partial charge in [0.25, 0.3) is 11.5 Å². The van der Waals surface area contributed by atoms with E-state index in [1.165, 1.54) is 23.4 Å². The molecule has 1 aromatic carbocycles. The van der Waals surface area contributed by atoms with Crippen molar-refractivity contribution in [2.75, 3.05) is 49.6 Å². The number of halogens is 3. The van der Waals surface area contributed by atoms with E-state index in [1.807, 2.05) is 17.9 Å². The first-order chi connectivity index (χ1) is 23.0. The van der Waals surface area contributed by atoms with Gasteiger partial charge in [-0.15, -0.1) is 5.10 Å². The molecule has 17 heteroatoms. The number of piperazine rings is 1. The molecule has 0 saturated carbocycles. The molecule has 48 heavy (non-hydrogen) atoms. The highest BCUT2D eigenvalue weighted by molar-refractivity contribution is 5.95. The van der Waals surface area contributed by atoms with Crippen LogP contribution in [0.4, 0.5) is 24.5 Å². The zero-order chi connectivity index (χ0) is 34.2. The van der Waals surface area contributed by atoms with E-state index in [0.717, 1.165) is 22.2 Å². The molecule has 0 aliphatic carbocycles. The lowest BCUT2D eigenvalue weighted by Gasteiger charge is -2.36. The van der Waals surface area contributed by atoms with Crippen molar-refractivity contribution in [1.82, 2.24) is 34.0 Å². The summed E-state index contributed by atoms with van der Waals surface area (Å²) >= 11 is 0. The molecule has 2 aliphatic rings. The van der Waals surface area contributed by atoms with Crippen molar-refractivity contribution >= 4 is 34.5 Å². The molecule has 0 atom stereocenters. The van der Waals surface area contributed by atoms with E-state index in [9.17, 15) is 32.7 Å². The number of aromatic nitrogens is 6. The van der Waals surface area contributed by atoms with E-state index in [4.69, 9.17) is 4.74 Å². The Labute approximate surface area is 271 Å². The van der Waals surface area contributed by atoms with Crippen LogP contribution in [0.2, 0.25) is 0 Å². The average molecular weight is 668 g/mol. The number of hydrogen-bond acceptors (Lipinski definition) is 10.